The van der Waals surface area contributed by atoms with Crippen LogP contribution in [0.3, 0.4) is 0 Å². The molecule has 0 aliphatic carbocycles. The van der Waals surface area contributed by atoms with Crippen molar-refractivity contribution in [1.29, 1.82) is 0 Å². The van der Waals surface area contributed by atoms with E-state index in [-0.39, 0.29) is 30.1 Å². The summed E-state index contributed by atoms with van der Waals surface area (Å²) in [5.41, 5.74) is 1.42. The Bertz CT molecular complexity index is 795. The molecule has 2 aromatic rings. The Morgan fingerprint density at radius 1 is 1.19 bits per heavy atom. The third-order valence-corrected chi connectivity index (χ3v) is 4.82. The molecule has 6 heteroatoms. The summed E-state index contributed by atoms with van der Waals surface area (Å²) in [5, 5.41) is 3.42. The Hall–Kier alpha value is -2.40. The molecule has 1 N–H and O–H groups in total. The number of nitrogens with zero attached hydrogens (tertiary/aromatic N) is 1. The molecule has 0 aromatic heterocycles. The molecule has 0 saturated carbocycles. The average molecular weight is 375 g/mol. The number of carbonyl (C=O) groups excluding carboxylic acids is 2. The number of likely N-dealkylation sites (tertiary alicyclic amines) is 1. The minimum absolute atomic E-state index is 0.0399. The lowest BCUT2D eigenvalue weighted by Gasteiger charge is -2.32. The van der Waals surface area contributed by atoms with Gasteiger partial charge in [0.05, 0.1) is 5.92 Å². The predicted octanol–water partition coefficient (Wildman–Crippen LogP) is 3.53. The highest BCUT2D eigenvalue weighted by molar-refractivity contribution is 6.30. The first-order chi connectivity index (χ1) is 12.5. The molecule has 1 atom stereocenters. The molecule has 136 valence electrons. The van der Waals surface area contributed by atoms with Crippen molar-refractivity contribution < 1.29 is 14.0 Å². The SMILES string of the molecule is O=C(NCc1ccccc1F)[C@@H]1CCC(=O)N(Cc2ccc(Cl)cc2)C1. The number of hydrogen-bond acceptors (Lipinski definition) is 2. The molecule has 0 radical (unpaired) electrons. The molecule has 0 unspecified atom stereocenters. The number of piperidine rings is 1. The minimum atomic E-state index is -0.337. The predicted molar refractivity (Wildman–Crippen MR) is 97.8 cm³/mol. The van der Waals surface area contributed by atoms with E-state index in [2.05, 4.69) is 5.32 Å². The van der Waals surface area contributed by atoms with E-state index < -0.39 is 0 Å². The highest BCUT2D eigenvalue weighted by atomic mass is 35.5. The summed E-state index contributed by atoms with van der Waals surface area (Å²) in [7, 11) is 0. The van der Waals surface area contributed by atoms with Crippen LogP contribution in [-0.4, -0.2) is 23.3 Å². The maximum absolute atomic E-state index is 13.7. The van der Waals surface area contributed by atoms with E-state index in [0.29, 0.717) is 36.5 Å². The van der Waals surface area contributed by atoms with E-state index in [1.807, 2.05) is 12.1 Å². The maximum atomic E-state index is 13.7. The molecule has 2 aromatic carbocycles. The number of nitrogens with one attached hydrogen (secondary N) is 1. The molecular formula is C20H20ClFN2O2. The van der Waals surface area contributed by atoms with Crippen molar-refractivity contribution in [3.05, 3.63) is 70.5 Å². The van der Waals surface area contributed by atoms with E-state index >= 15 is 0 Å². The third-order valence-electron chi connectivity index (χ3n) is 4.57. The van der Waals surface area contributed by atoms with Crippen LogP contribution in [0.15, 0.2) is 48.5 Å². The van der Waals surface area contributed by atoms with Crippen LogP contribution in [-0.2, 0) is 22.7 Å². The molecule has 4 nitrogen and oxygen atoms in total. The van der Waals surface area contributed by atoms with E-state index in [4.69, 9.17) is 11.6 Å². The van der Waals surface area contributed by atoms with E-state index in [9.17, 15) is 14.0 Å². The largest absolute Gasteiger partial charge is 0.352 e. The fraction of sp³-hybridized carbons (Fsp3) is 0.300. The number of amides is 2. The van der Waals surface area contributed by atoms with E-state index in [1.54, 1.807) is 35.2 Å². The van der Waals surface area contributed by atoms with Crippen molar-refractivity contribution in [2.75, 3.05) is 6.54 Å². The van der Waals surface area contributed by atoms with Crippen molar-refractivity contribution in [3.63, 3.8) is 0 Å². The van der Waals surface area contributed by atoms with Crippen LogP contribution >= 0.6 is 11.6 Å². The average Bonchev–Trinajstić information content (AvgIpc) is 2.64. The lowest BCUT2D eigenvalue weighted by atomic mass is 9.96. The quantitative estimate of drug-likeness (QED) is 0.870. The monoisotopic (exact) mass is 374 g/mol. The second-order valence-corrected chi connectivity index (χ2v) is 6.88. The molecule has 3 rings (SSSR count). The van der Waals surface area contributed by atoms with Crippen LogP contribution in [0, 0.1) is 11.7 Å². The van der Waals surface area contributed by atoms with Crippen molar-refractivity contribution in [3.8, 4) is 0 Å². The van der Waals surface area contributed by atoms with E-state index in [0.717, 1.165) is 5.56 Å². The highest BCUT2D eigenvalue weighted by Crippen LogP contribution is 2.21. The smallest absolute Gasteiger partial charge is 0.225 e. The molecule has 1 saturated heterocycles. The minimum Gasteiger partial charge on any atom is -0.352 e. The summed E-state index contributed by atoms with van der Waals surface area (Å²) in [4.78, 5) is 26.3. The van der Waals surface area contributed by atoms with Gasteiger partial charge in [-0.3, -0.25) is 9.59 Å². The maximum Gasteiger partial charge on any atom is 0.225 e. The zero-order chi connectivity index (χ0) is 18.5. The Kier molecular flexibility index (Phi) is 5.89. The topological polar surface area (TPSA) is 49.4 Å². The van der Waals surface area contributed by atoms with Crippen LogP contribution in [0.4, 0.5) is 4.39 Å². The number of halogens is 2. The third kappa shape index (κ3) is 4.61. The Balaban J connectivity index is 1.58. The Morgan fingerprint density at radius 3 is 2.65 bits per heavy atom. The van der Waals surface area contributed by atoms with Crippen LogP contribution in [0.5, 0.6) is 0 Å². The van der Waals surface area contributed by atoms with Crippen molar-refractivity contribution in [2.45, 2.75) is 25.9 Å². The fourth-order valence-corrected chi connectivity index (χ4v) is 3.19. The Morgan fingerprint density at radius 2 is 1.92 bits per heavy atom. The first-order valence-electron chi connectivity index (χ1n) is 8.56. The Labute approximate surface area is 157 Å². The lowest BCUT2D eigenvalue weighted by Crippen LogP contribution is -2.45. The van der Waals surface area contributed by atoms with Crippen LogP contribution in [0.25, 0.3) is 0 Å². The van der Waals surface area contributed by atoms with E-state index in [1.165, 1.54) is 6.07 Å². The lowest BCUT2D eigenvalue weighted by molar-refractivity contribution is -0.138. The zero-order valence-corrected chi connectivity index (χ0v) is 15.0. The van der Waals surface area contributed by atoms with Gasteiger partial charge in [0.15, 0.2) is 0 Å². The molecule has 0 spiro atoms. The molecule has 0 bridgehead atoms. The second-order valence-electron chi connectivity index (χ2n) is 6.45. The molecular weight excluding hydrogens is 355 g/mol. The molecule has 1 aliphatic rings. The van der Waals surface area contributed by atoms with Gasteiger partial charge in [-0.05, 0) is 30.2 Å². The number of hydrogen-bond donors (Lipinski definition) is 1. The van der Waals surface area contributed by atoms with Gasteiger partial charge in [0.2, 0.25) is 11.8 Å². The van der Waals surface area contributed by atoms with Crippen molar-refractivity contribution >= 4 is 23.4 Å². The van der Waals surface area contributed by atoms with Gasteiger partial charge >= 0.3 is 0 Å². The molecule has 26 heavy (non-hydrogen) atoms. The first-order valence-corrected chi connectivity index (χ1v) is 8.94. The molecule has 1 heterocycles. The number of carbonyl (C=O) groups is 2. The van der Waals surface area contributed by atoms with Crippen LogP contribution in [0.1, 0.15) is 24.0 Å². The summed E-state index contributed by atoms with van der Waals surface area (Å²) in [6.07, 6.45) is 0.852. The van der Waals surface area contributed by atoms with Gasteiger partial charge in [-0.25, -0.2) is 4.39 Å². The molecule has 1 fully saturated rings. The summed E-state index contributed by atoms with van der Waals surface area (Å²) >= 11 is 5.88. The van der Waals surface area contributed by atoms with Crippen molar-refractivity contribution in [2.24, 2.45) is 5.92 Å². The van der Waals surface area contributed by atoms with Crippen LogP contribution in [0.2, 0.25) is 5.02 Å². The highest BCUT2D eigenvalue weighted by Gasteiger charge is 2.30. The molecule has 2 amide bonds. The van der Waals surface area contributed by atoms with Gasteiger partial charge in [0.25, 0.3) is 0 Å². The summed E-state index contributed by atoms with van der Waals surface area (Å²) < 4.78 is 13.7. The van der Waals surface area contributed by atoms with Gasteiger partial charge in [-0.2, -0.15) is 0 Å². The normalized spacial score (nSPS) is 17.2. The summed E-state index contributed by atoms with van der Waals surface area (Å²) in [5.74, 6) is -0.734. The van der Waals surface area contributed by atoms with Gasteiger partial charge in [-0.1, -0.05) is 41.9 Å². The van der Waals surface area contributed by atoms with Gasteiger partial charge < -0.3 is 10.2 Å². The van der Waals surface area contributed by atoms with Gasteiger partial charge in [-0.15, -0.1) is 0 Å². The number of rotatable bonds is 5. The van der Waals surface area contributed by atoms with Gasteiger partial charge in [0.1, 0.15) is 5.82 Å². The zero-order valence-electron chi connectivity index (χ0n) is 14.3. The van der Waals surface area contributed by atoms with Crippen LogP contribution < -0.4 is 5.32 Å². The van der Waals surface area contributed by atoms with Crippen molar-refractivity contribution in [1.82, 2.24) is 10.2 Å². The molecule has 1 aliphatic heterocycles. The van der Waals surface area contributed by atoms with Gasteiger partial charge in [0, 0.05) is 36.6 Å². The first kappa shape index (κ1) is 18.4. The fourth-order valence-electron chi connectivity index (χ4n) is 3.06. The second kappa shape index (κ2) is 8.32. The number of benzene rings is 2. The summed E-state index contributed by atoms with van der Waals surface area (Å²) in [6, 6.07) is 13.7. The standard InChI is InChI=1S/C20H20ClFN2O2/c21-17-8-5-14(6-9-17)12-24-13-16(7-10-19(24)25)20(26)23-11-15-3-1-2-4-18(15)22/h1-6,8-9,16H,7,10-13H2,(H,23,26)/t16-/m1/s1. The summed E-state index contributed by atoms with van der Waals surface area (Å²) in [6.45, 7) is 0.963.